The molecule has 0 unspecified atom stereocenters. The molecule has 0 amide bonds. The molecule has 0 aliphatic heterocycles. The highest BCUT2D eigenvalue weighted by Gasteiger charge is 2.13. The monoisotopic (exact) mass is 217 g/mol. The summed E-state index contributed by atoms with van der Waals surface area (Å²) in [6.07, 6.45) is 1.66. The smallest absolute Gasteiger partial charge is 0.167 e. The van der Waals surface area contributed by atoms with E-state index >= 15 is 0 Å². The Balaban J connectivity index is 2.66. The minimum atomic E-state index is 0.798. The van der Waals surface area contributed by atoms with Crippen molar-refractivity contribution >= 4 is 0 Å². The summed E-state index contributed by atoms with van der Waals surface area (Å²) in [4.78, 5) is 0. The number of benzene rings is 1. The molecule has 0 atom stereocenters. The zero-order chi connectivity index (χ0) is 11.7. The highest BCUT2D eigenvalue weighted by molar-refractivity contribution is 5.67. The van der Waals surface area contributed by atoms with Gasteiger partial charge in [0.25, 0.3) is 0 Å². The van der Waals surface area contributed by atoms with Crippen molar-refractivity contribution in [3.05, 3.63) is 35.0 Å². The summed E-state index contributed by atoms with van der Waals surface area (Å²) in [5.41, 5.74) is 4.50. The van der Waals surface area contributed by atoms with Gasteiger partial charge in [0, 0.05) is 11.6 Å². The van der Waals surface area contributed by atoms with Crippen LogP contribution in [0.3, 0.4) is 0 Å². The normalized spacial score (nSPS) is 10.5. The Morgan fingerprint density at radius 1 is 1.19 bits per heavy atom. The SMILES string of the molecule is COc1c(C)cc(-c2ccno2)c(C)c1C. The Hall–Kier alpha value is -1.77. The highest BCUT2D eigenvalue weighted by atomic mass is 16.5. The van der Waals surface area contributed by atoms with Gasteiger partial charge in [-0.1, -0.05) is 5.16 Å². The fraction of sp³-hybridized carbons (Fsp3) is 0.308. The van der Waals surface area contributed by atoms with Crippen molar-refractivity contribution in [2.75, 3.05) is 7.11 Å². The van der Waals surface area contributed by atoms with E-state index in [4.69, 9.17) is 9.26 Å². The molecular weight excluding hydrogens is 202 g/mol. The van der Waals surface area contributed by atoms with Crippen molar-refractivity contribution in [1.82, 2.24) is 5.16 Å². The van der Waals surface area contributed by atoms with Crippen LogP contribution in [0.25, 0.3) is 11.3 Å². The number of hydrogen-bond acceptors (Lipinski definition) is 3. The summed E-state index contributed by atoms with van der Waals surface area (Å²) >= 11 is 0. The summed E-state index contributed by atoms with van der Waals surface area (Å²) in [5.74, 6) is 1.74. The largest absolute Gasteiger partial charge is 0.496 e. The fourth-order valence-corrected chi connectivity index (χ4v) is 1.98. The van der Waals surface area contributed by atoms with Crippen LogP contribution in [0.5, 0.6) is 5.75 Å². The fourth-order valence-electron chi connectivity index (χ4n) is 1.98. The molecule has 3 heteroatoms. The van der Waals surface area contributed by atoms with Crippen molar-refractivity contribution in [3.8, 4) is 17.1 Å². The van der Waals surface area contributed by atoms with Gasteiger partial charge in [0.2, 0.25) is 0 Å². The van der Waals surface area contributed by atoms with E-state index in [9.17, 15) is 0 Å². The molecule has 1 heterocycles. The first-order valence-electron chi connectivity index (χ1n) is 5.21. The molecule has 0 spiro atoms. The average Bonchev–Trinajstić information content (AvgIpc) is 2.77. The average molecular weight is 217 g/mol. The van der Waals surface area contributed by atoms with Crippen molar-refractivity contribution in [2.24, 2.45) is 0 Å². The second kappa shape index (κ2) is 4.00. The number of methoxy groups -OCH3 is 1. The summed E-state index contributed by atoms with van der Waals surface area (Å²) < 4.78 is 10.6. The second-order valence-electron chi connectivity index (χ2n) is 3.90. The van der Waals surface area contributed by atoms with Crippen molar-refractivity contribution in [3.63, 3.8) is 0 Å². The van der Waals surface area contributed by atoms with Gasteiger partial charge in [-0.25, -0.2) is 0 Å². The van der Waals surface area contributed by atoms with E-state index in [1.807, 2.05) is 13.0 Å². The molecule has 16 heavy (non-hydrogen) atoms. The van der Waals surface area contributed by atoms with Crippen molar-refractivity contribution in [1.29, 1.82) is 0 Å². The molecule has 0 aliphatic rings. The lowest BCUT2D eigenvalue weighted by atomic mass is 9.97. The van der Waals surface area contributed by atoms with Gasteiger partial charge in [-0.2, -0.15) is 0 Å². The van der Waals surface area contributed by atoms with E-state index in [0.29, 0.717) is 0 Å². The molecule has 0 N–H and O–H groups in total. The van der Waals surface area contributed by atoms with Crippen LogP contribution in [0.1, 0.15) is 16.7 Å². The lowest BCUT2D eigenvalue weighted by molar-refractivity contribution is 0.407. The van der Waals surface area contributed by atoms with Crippen LogP contribution < -0.4 is 4.74 Å². The molecule has 84 valence electrons. The van der Waals surface area contributed by atoms with Gasteiger partial charge in [-0.15, -0.1) is 0 Å². The van der Waals surface area contributed by atoms with Crippen LogP contribution in [0.15, 0.2) is 22.9 Å². The third-order valence-electron chi connectivity index (χ3n) is 2.93. The molecular formula is C13H15NO2. The first kappa shape index (κ1) is 10.7. The number of aryl methyl sites for hydroxylation is 1. The van der Waals surface area contributed by atoms with E-state index in [0.717, 1.165) is 28.2 Å². The zero-order valence-corrected chi connectivity index (χ0v) is 10.00. The van der Waals surface area contributed by atoms with Gasteiger partial charge in [0.05, 0.1) is 13.3 Å². The first-order valence-corrected chi connectivity index (χ1v) is 5.21. The van der Waals surface area contributed by atoms with Gasteiger partial charge < -0.3 is 9.26 Å². The second-order valence-corrected chi connectivity index (χ2v) is 3.90. The van der Waals surface area contributed by atoms with Crippen LogP contribution in [-0.4, -0.2) is 12.3 Å². The molecule has 2 aromatic rings. The third-order valence-corrected chi connectivity index (χ3v) is 2.93. The Labute approximate surface area is 95.0 Å². The number of hydrogen-bond donors (Lipinski definition) is 0. The lowest BCUT2D eigenvalue weighted by Crippen LogP contribution is -1.96. The molecule has 3 nitrogen and oxygen atoms in total. The number of rotatable bonds is 2. The van der Waals surface area contributed by atoms with Gasteiger partial charge in [-0.3, -0.25) is 0 Å². The van der Waals surface area contributed by atoms with Crippen LogP contribution in [-0.2, 0) is 0 Å². The van der Waals surface area contributed by atoms with E-state index in [1.54, 1.807) is 13.3 Å². The lowest BCUT2D eigenvalue weighted by Gasteiger charge is -2.13. The van der Waals surface area contributed by atoms with Crippen LogP contribution in [0, 0.1) is 20.8 Å². The Morgan fingerprint density at radius 2 is 1.94 bits per heavy atom. The van der Waals surface area contributed by atoms with E-state index in [-0.39, 0.29) is 0 Å². The van der Waals surface area contributed by atoms with Crippen molar-refractivity contribution in [2.45, 2.75) is 20.8 Å². The minimum absolute atomic E-state index is 0.798. The van der Waals surface area contributed by atoms with Gasteiger partial charge >= 0.3 is 0 Å². The van der Waals surface area contributed by atoms with Crippen molar-refractivity contribution < 1.29 is 9.26 Å². The summed E-state index contributed by atoms with van der Waals surface area (Å²) in [6, 6.07) is 3.94. The first-order chi connectivity index (χ1) is 7.65. The standard InChI is InChI=1S/C13H15NO2/c1-8-7-11(12-5-6-14-16-12)9(2)10(3)13(8)15-4/h5-7H,1-4H3. The van der Waals surface area contributed by atoms with E-state index < -0.39 is 0 Å². The molecule has 0 bridgehead atoms. The summed E-state index contributed by atoms with van der Waals surface area (Å²) in [6.45, 7) is 6.15. The Morgan fingerprint density at radius 3 is 2.50 bits per heavy atom. The molecule has 1 aromatic heterocycles. The molecule has 0 fully saturated rings. The van der Waals surface area contributed by atoms with Gasteiger partial charge in [0.15, 0.2) is 5.76 Å². The van der Waals surface area contributed by atoms with Gasteiger partial charge in [-0.05, 0) is 43.5 Å². The third kappa shape index (κ3) is 1.58. The highest BCUT2D eigenvalue weighted by Crippen LogP contribution is 2.33. The van der Waals surface area contributed by atoms with E-state index in [2.05, 4.69) is 25.1 Å². The molecule has 2 rings (SSSR count). The maximum atomic E-state index is 5.38. The van der Waals surface area contributed by atoms with E-state index in [1.165, 1.54) is 5.56 Å². The molecule has 0 saturated carbocycles. The predicted octanol–water partition coefficient (Wildman–Crippen LogP) is 3.28. The molecule has 1 aromatic carbocycles. The summed E-state index contributed by atoms with van der Waals surface area (Å²) in [7, 11) is 1.70. The molecule has 0 aliphatic carbocycles. The number of ether oxygens (including phenoxy) is 1. The van der Waals surface area contributed by atoms with Crippen LogP contribution in [0.2, 0.25) is 0 Å². The number of aromatic nitrogens is 1. The molecule has 0 radical (unpaired) electrons. The topological polar surface area (TPSA) is 35.3 Å². The maximum Gasteiger partial charge on any atom is 0.167 e. The number of nitrogens with zero attached hydrogens (tertiary/aromatic N) is 1. The Kier molecular flexibility index (Phi) is 2.69. The van der Waals surface area contributed by atoms with Gasteiger partial charge in [0.1, 0.15) is 5.75 Å². The summed E-state index contributed by atoms with van der Waals surface area (Å²) in [5, 5.41) is 3.74. The Bertz CT molecular complexity index is 501. The minimum Gasteiger partial charge on any atom is -0.496 e. The molecule has 0 saturated heterocycles. The maximum absolute atomic E-state index is 5.38. The predicted molar refractivity (Wildman–Crippen MR) is 62.7 cm³/mol. The zero-order valence-electron chi connectivity index (χ0n) is 10.00. The van der Waals surface area contributed by atoms with Crippen LogP contribution >= 0.6 is 0 Å². The quantitative estimate of drug-likeness (QED) is 0.774. The van der Waals surface area contributed by atoms with Crippen LogP contribution in [0.4, 0.5) is 0 Å².